The van der Waals surface area contributed by atoms with Crippen LogP contribution in [0.2, 0.25) is 0 Å². The highest BCUT2D eigenvalue weighted by Crippen LogP contribution is 2.26. The lowest BCUT2D eigenvalue weighted by Crippen LogP contribution is -2.28. The van der Waals surface area contributed by atoms with Crippen molar-refractivity contribution in [1.82, 2.24) is 5.32 Å². The molecule has 0 bridgehead atoms. The van der Waals surface area contributed by atoms with E-state index < -0.39 is 0 Å². The summed E-state index contributed by atoms with van der Waals surface area (Å²) in [7, 11) is 0. The van der Waals surface area contributed by atoms with Gasteiger partial charge in [-0.25, -0.2) is 0 Å². The lowest BCUT2D eigenvalue weighted by molar-refractivity contribution is 0.0910. The van der Waals surface area contributed by atoms with Crippen LogP contribution in [0.25, 0.3) is 0 Å². The van der Waals surface area contributed by atoms with Crippen molar-refractivity contribution in [2.75, 3.05) is 13.2 Å². The highest BCUT2D eigenvalue weighted by molar-refractivity contribution is 6.00. The summed E-state index contributed by atoms with van der Waals surface area (Å²) in [5.41, 5.74) is 0.728. The molecule has 18 heavy (non-hydrogen) atoms. The topological polar surface area (TPSA) is 38.3 Å². The van der Waals surface area contributed by atoms with Crippen molar-refractivity contribution >= 4 is 5.78 Å². The first-order chi connectivity index (χ1) is 8.74. The Morgan fingerprint density at radius 2 is 2.22 bits per heavy atom. The summed E-state index contributed by atoms with van der Waals surface area (Å²) in [5.74, 6) is 1.01. The molecule has 3 nitrogen and oxygen atoms in total. The minimum atomic E-state index is 0.0800. The fraction of sp³-hybridized carbons (Fsp3) is 0.533. The zero-order chi connectivity index (χ0) is 13.0. The van der Waals surface area contributed by atoms with Crippen LogP contribution in [0.1, 0.15) is 37.0 Å². The van der Waals surface area contributed by atoms with Crippen molar-refractivity contribution in [3.63, 3.8) is 0 Å². The van der Waals surface area contributed by atoms with Crippen molar-refractivity contribution in [1.29, 1.82) is 0 Å². The van der Waals surface area contributed by atoms with Gasteiger partial charge in [0.25, 0.3) is 0 Å². The molecule has 0 amide bonds. The number of hydrogen-bond acceptors (Lipinski definition) is 3. The van der Waals surface area contributed by atoms with Crippen LogP contribution < -0.4 is 10.1 Å². The molecule has 0 aromatic heterocycles. The third-order valence-corrected chi connectivity index (χ3v) is 3.48. The molecule has 2 atom stereocenters. The third kappa shape index (κ3) is 2.72. The summed E-state index contributed by atoms with van der Waals surface area (Å²) in [6.07, 6.45) is 1.87. The maximum absolute atomic E-state index is 12.5. The molecule has 1 aromatic carbocycles. The molecule has 1 aliphatic rings. The Morgan fingerprint density at radius 3 is 2.89 bits per heavy atom. The van der Waals surface area contributed by atoms with Crippen molar-refractivity contribution in [2.24, 2.45) is 5.92 Å². The Bertz CT molecular complexity index is 417. The average molecular weight is 247 g/mol. The number of rotatable bonds is 5. The second-order valence-corrected chi connectivity index (χ2v) is 4.85. The fourth-order valence-corrected chi connectivity index (χ4v) is 2.42. The molecule has 2 unspecified atom stereocenters. The molecular formula is C15H21NO2. The average Bonchev–Trinajstić information content (AvgIpc) is 2.82. The lowest BCUT2D eigenvalue weighted by Gasteiger charge is -2.16. The molecule has 0 saturated carbocycles. The molecule has 2 rings (SSSR count). The van der Waals surface area contributed by atoms with Gasteiger partial charge in [0, 0.05) is 12.0 Å². The van der Waals surface area contributed by atoms with Gasteiger partial charge in [0.2, 0.25) is 0 Å². The van der Waals surface area contributed by atoms with Crippen LogP contribution in [-0.4, -0.2) is 25.0 Å². The largest absolute Gasteiger partial charge is 0.493 e. The molecule has 1 fully saturated rings. The molecule has 1 aliphatic heterocycles. The Morgan fingerprint density at radius 1 is 1.44 bits per heavy atom. The van der Waals surface area contributed by atoms with Gasteiger partial charge in [-0.05, 0) is 38.4 Å². The first kappa shape index (κ1) is 13.1. The molecule has 3 heteroatoms. The summed E-state index contributed by atoms with van der Waals surface area (Å²) >= 11 is 0. The van der Waals surface area contributed by atoms with Gasteiger partial charge in [-0.15, -0.1) is 0 Å². The Labute approximate surface area is 109 Å². The number of carbonyl (C=O) groups is 1. The van der Waals surface area contributed by atoms with Gasteiger partial charge in [0.05, 0.1) is 12.2 Å². The van der Waals surface area contributed by atoms with E-state index in [1.807, 2.05) is 24.3 Å². The van der Waals surface area contributed by atoms with E-state index in [9.17, 15) is 4.79 Å². The van der Waals surface area contributed by atoms with Gasteiger partial charge < -0.3 is 10.1 Å². The number of para-hydroxylation sites is 1. The fourth-order valence-electron chi connectivity index (χ4n) is 2.42. The molecule has 0 aliphatic carbocycles. The summed E-state index contributed by atoms with van der Waals surface area (Å²) in [4.78, 5) is 12.5. The second-order valence-electron chi connectivity index (χ2n) is 4.85. The van der Waals surface area contributed by atoms with Gasteiger partial charge in [-0.2, -0.15) is 0 Å². The number of Topliss-reactive ketones (excluding diaryl/α,β-unsaturated/α-hetero) is 1. The molecule has 1 aromatic rings. The number of benzene rings is 1. The van der Waals surface area contributed by atoms with E-state index in [1.54, 1.807) is 0 Å². The Balaban J connectivity index is 2.18. The molecule has 1 saturated heterocycles. The van der Waals surface area contributed by atoms with E-state index in [0.29, 0.717) is 6.61 Å². The van der Waals surface area contributed by atoms with Crippen LogP contribution in [0.5, 0.6) is 5.75 Å². The number of hydrogen-bond donors (Lipinski definition) is 1. The van der Waals surface area contributed by atoms with Crippen molar-refractivity contribution < 1.29 is 9.53 Å². The first-order valence-electron chi connectivity index (χ1n) is 6.73. The SMILES string of the molecule is CCCOc1ccccc1C(=O)C1CCNC1C. The van der Waals surface area contributed by atoms with E-state index in [1.165, 1.54) is 0 Å². The van der Waals surface area contributed by atoms with Gasteiger partial charge in [0.15, 0.2) is 5.78 Å². The highest BCUT2D eigenvalue weighted by Gasteiger charge is 2.31. The van der Waals surface area contributed by atoms with Gasteiger partial charge >= 0.3 is 0 Å². The van der Waals surface area contributed by atoms with Gasteiger partial charge in [0.1, 0.15) is 5.75 Å². The van der Waals surface area contributed by atoms with Crippen molar-refractivity contribution in [2.45, 2.75) is 32.7 Å². The lowest BCUT2D eigenvalue weighted by atomic mass is 9.91. The third-order valence-electron chi connectivity index (χ3n) is 3.48. The summed E-state index contributed by atoms with van der Waals surface area (Å²) in [6.45, 7) is 5.72. The summed E-state index contributed by atoms with van der Waals surface area (Å²) in [5, 5.41) is 3.32. The van der Waals surface area contributed by atoms with Crippen molar-refractivity contribution in [3.8, 4) is 5.75 Å². The molecule has 1 heterocycles. The first-order valence-corrected chi connectivity index (χ1v) is 6.73. The minimum absolute atomic E-state index is 0.0800. The van der Waals surface area contributed by atoms with Crippen molar-refractivity contribution in [3.05, 3.63) is 29.8 Å². The molecule has 0 spiro atoms. The van der Waals surface area contributed by atoms with Gasteiger partial charge in [-0.3, -0.25) is 4.79 Å². The summed E-state index contributed by atoms with van der Waals surface area (Å²) in [6, 6.07) is 7.84. The van der Waals surface area contributed by atoms with Crippen LogP contribution >= 0.6 is 0 Å². The Kier molecular flexibility index (Phi) is 4.37. The molecular weight excluding hydrogens is 226 g/mol. The standard InChI is InChI=1S/C15H21NO2/c1-3-10-18-14-7-5-4-6-13(14)15(17)12-8-9-16-11(12)2/h4-7,11-12,16H,3,8-10H2,1-2H3. The van der Waals surface area contributed by atoms with Crippen LogP contribution in [0.3, 0.4) is 0 Å². The quantitative estimate of drug-likeness (QED) is 0.813. The van der Waals surface area contributed by atoms with Crippen LogP contribution in [0.4, 0.5) is 0 Å². The smallest absolute Gasteiger partial charge is 0.171 e. The number of ketones is 1. The summed E-state index contributed by atoms with van der Waals surface area (Å²) < 4.78 is 5.66. The van der Waals surface area contributed by atoms with Crippen LogP contribution in [0.15, 0.2) is 24.3 Å². The number of ether oxygens (including phenoxy) is 1. The van der Waals surface area contributed by atoms with Gasteiger partial charge in [-0.1, -0.05) is 19.1 Å². The predicted octanol–water partition coefficient (Wildman–Crippen LogP) is 2.66. The van der Waals surface area contributed by atoms with E-state index in [0.717, 1.165) is 30.7 Å². The van der Waals surface area contributed by atoms with E-state index in [2.05, 4.69) is 19.2 Å². The minimum Gasteiger partial charge on any atom is -0.493 e. The normalized spacial score (nSPS) is 23.0. The molecule has 98 valence electrons. The van der Waals surface area contributed by atoms with E-state index in [-0.39, 0.29) is 17.7 Å². The van der Waals surface area contributed by atoms with E-state index >= 15 is 0 Å². The maximum Gasteiger partial charge on any atom is 0.171 e. The zero-order valence-electron chi connectivity index (χ0n) is 11.1. The molecule has 0 radical (unpaired) electrons. The number of nitrogens with one attached hydrogen (secondary N) is 1. The van der Waals surface area contributed by atoms with Crippen LogP contribution in [0, 0.1) is 5.92 Å². The molecule has 1 N–H and O–H groups in total. The number of carbonyl (C=O) groups excluding carboxylic acids is 1. The maximum atomic E-state index is 12.5. The highest BCUT2D eigenvalue weighted by atomic mass is 16.5. The van der Waals surface area contributed by atoms with Crippen LogP contribution in [-0.2, 0) is 0 Å². The zero-order valence-corrected chi connectivity index (χ0v) is 11.1. The van der Waals surface area contributed by atoms with E-state index in [4.69, 9.17) is 4.74 Å². The Hall–Kier alpha value is -1.35. The predicted molar refractivity (Wildman–Crippen MR) is 72.1 cm³/mol. The monoisotopic (exact) mass is 247 g/mol. The second kappa shape index (κ2) is 6.01.